The lowest BCUT2D eigenvalue weighted by molar-refractivity contribution is 0.406. The molecule has 3 rings (SSSR count). The molecule has 0 bridgehead atoms. The number of nitrogens with one attached hydrogen (secondary N) is 1. The fourth-order valence-electron chi connectivity index (χ4n) is 2.50. The van der Waals surface area contributed by atoms with Gasteiger partial charge < -0.3 is 9.84 Å². The summed E-state index contributed by atoms with van der Waals surface area (Å²) in [4.78, 5) is 5.57. The van der Waals surface area contributed by atoms with Gasteiger partial charge in [-0.15, -0.1) is 11.3 Å². The maximum Gasteiger partial charge on any atom is 0.267 e. The minimum atomic E-state index is 0.400. The first-order valence-corrected chi connectivity index (χ1v) is 6.81. The lowest BCUT2D eigenvalue weighted by atomic mass is 10.0. The standard InChI is InChI=1S/C12H15N3OS/c1-13-9-5-2-4-8(9)11-14-12(16-15-11)10-6-3-7-17-10/h3,6-9,13H,2,4-5H2,1H3/t8-,9-/m0/s1. The number of rotatable bonds is 3. The third-order valence-corrected chi connectivity index (χ3v) is 4.25. The Bertz CT molecular complexity index is 480. The van der Waals surface area contributed by atoms with E-state index in [2.05, 4.69) is 15.5 Å². The highest BCUT2D eigenvalue weighted by Gasteiger charge is 2.31. The summed E-state index contributed by atoms with van der Waals surface area (Å²) in [5, 5.41) is 9.49. The van der Waals surface area contributed by atoms with Crippen LogP contribution in [0.3, 0.4) is 0 Å². The van der Waals surface area contributed by atoms with Crippen molar-refractivity contribution in [3.05, 3.63) is 23.3 Å². The van der Waals surface area contributed by atoms with Crippen LogP contribution in [0.5, 0.6) is 0 Å². The fraction of sp³-hybridized carbons (Fsp3) is 0.500. The molecule has 1 aliphatic rings. The van der Waals surface area contributed by atoms with Crippen LogP contribution in [-0.4, -0.2) is 23.2 Å². The van der Waals surface area contributed by atoms with Crippen LogP contribution < -0.4 is 5.32 Å². The summed E-state index contributed by atoms with van der Waals surface area (Å²) in [5.74, 6) is 1.90. The topological polar surface area (TPSA) is 51.0 Å². The molecular weight excluding hydrogens is 234 g/mol. The number of aromatic nitrogens is 2. The van der Waals surface area contributed by atoms with Crippen LogP contribution in [0.4, 0.5) is 0 Å². The fourth-order valence-corrected chi connectivity index (χ4v) is 3.15. The molecule has 2 atom stereocenters. The highest BCUT2D eigenvalue weighted by Crippen LogP contribution is 2.34. The predicted molar refractivity (Wildman–Crippen MR) is 67.1 cm³/mol. The van der Waals surface area contributed by atoms with E-state index in [9.17, 15) is 0 Å². The summed E-state index contributed by atoms with van der Waals surface area (Å²) in [6.45, 7) is 0. The van der Waals surface area contributed by atoms with Gasteiger partial charge >= 0.3 is 0 Å². The molecule has 4 nitrogen and oxygen atoms in total. The highest BCUT2D eigenvalue weighted by atomic mass is 32.1. The average molecular weight is 249 g/mol. The Hall–Kier alpha value is -1.20. The number of hydrogen-bond donors (Lipinski definition) is 1. The van der Waals surface area contributed by atoms with Crippen molar-refractivity contribution in [2.75, 3.05) is 7.05 Å². The molecule has 0 spiro atoms. The molecule has 0 aromatic carbocycles. The van der Waals surface area contributed by atoms with Gasteiger partial charge in [-0.2, -0.15) is 4.98 Å². The third kappa shape index (κ3) is 2.00. The summed E-state index contributed by atoms with van der Waals surface area (Å²) < 4.78 is 5.34. The molecule has 0 aliphatic heterocycles. The summed E-state index contributed by atoms with van der Waals surface area (Å²) in [6, 6.07) is 4.49. The zero-order valence-corrected chi connectivity index (χ0v) is 10.5. The van der Waals surface area contributed by atoms with E-state index in [1.165, 1.54) is 12.8 Å². The van der Waals surface area contributed by atoms with Crippen molar-refractivity contribution in [3.8, 4) is 10.8 Å². The van der Waals surface area contributed by atoms with Crippen LogP contribution in [0.2, 0.25) is 0 Å². The van der Waals surface area contributed by atoms with Crippen molar-refractivity contribution in [1.82, 2.24) is 15.5 Å². The summed E-state index contributed by atoms with van der Waals surface area (Å²) in [5.41, 5.74) is 0. The number of likely N-dealkylation sites (N-methyl/N-ethyl adjacent to an activating group) is 1. The summed E-state index contributed by atoms with van der Waals surface area (Å²) >= 11 is 1.63. The van der Waals surface area contributed by atoms with E-state index >= 15 is 0 Å². The van der Waals surface area contributed by atoms with Crippen LogP contribution in [0, 0.1) is 0 Å². The zero-order chi connectivity index (χ0) is 11.7. The Morgan fingerprint density at radius 1 is 1.47 bits per heavy atom. The molecule has 2 aromatic heterocycles. The molecule has 0 saturated heterocycles. The molecule has 0 amide bonds. The van der Waals surface area contributed by atoms with Crippen LogP contribution in [0.25, 0.3) is 10.8 Å². The first-order chi connectivity index (χ1) is 8.38. The smallest absolute Gasteiger partial charge is 0.267 e. The van der Waals surface area contributed by atoms with E-state index in [1.54, 1.807) is 11.3 Å². The van der Waals surface area contributed by atoms with Crippen LogP contribution >= 0.6 is 11.3 Å². The second-order valence-electron chi connectivity index (χ2n) is 4.37. The minimum Gasteiger partial charge on any atom is -0.333 e. The molecule has 2 heterocycles. The second kappa shape index (κ2) is 4.58. The number of nitrogens with zero attached hydrogens (tertiary/aromatic N) is 2. The van der Waals surface area contributed by atoms with Crippen molar-refractivity contribution in [1.29, 1.82) is 0 Å². The van der Waals surface area contributed by atoms with Crippen LogP contribution in [-0.2, 0) is 0 Å². The molecule has 90 valence electrons. The molecule has 1 fully saturated rings. The van der Waals surface area contributed by atoms with E-state index < -0.39 is 0 Å². The first kappa shape index (κ1) is 10.9. The Kier molecular flexibility index (Phi) is 2.94. The van der Waals surface area contributed by atoms with Crippen LogP contribution in [0.1, 0.15) is 31.0 Å². The van der Waals surface area contributed by atoms with Crippen molar-refractivity contribution >= 4 is 11.3 Å². The van der Waals surface area contributed by atoms with Gasteiger partial charge in [0.25, 0.3) is 5.89 Å². The number of hydrogen-bond acceptors (Lipinski definition) is 5. The Labute approximate surface area is 104 Å². The maximum atomic E-state index is 5.34. The SMILES string of the molecule is CN[C@H]1CCC[C@@H]1c1noc(-c2cccs2)n1. The first-order valence-electron chi connectivity index (χ1n) is 5.93. The van der Waals surface area contributed by atoms with Gasteiger partial charge in [-0.1, -0.05) is 17.6 Å². The normalized spacial score (nSPS) is 24.3. The molecule has 1 aliphatic carbocycles. The van der Waals surface area contributed by atoms with E-state index in [-0.39, 0.29) is 0 Å². The monoisotopic (exact) mass is 249 g/mol. The molecule has 2 aromatic rings. The lowest BCUT2D eigenvalue weighted by Crippen LogP contribution is -2.28. The van der Waals surface area contributed by atoms with Gasteiger partial charge in [0.1, 0.15) is 0 Å². The summed E-state index contributed by atoms with van der Waals surface area (Å²) in [6.07, 6.45) is 3.58. The van der Waals surface area contributed by atoms with Crippen molar-refractivity contribution in [2.45, 2.75) is 31.2 Å². The quantitative estimate of drug-likeness (QED) is 0.908. The van der Waals surface area contributed by atoms with Gasteiger partial charge in [0, 0.05) is 12.0 Å². The molecule has 0 unspecified atom stereocenters. The van der Waals surface area contributed by atoms with E-state index in [0.717, 1.165) is 17.1 Å². The lowest BCUT2D eigenvalue weighted by Gasteiger charge is -2.14. The van der Waals surface area contributed by atoms with Crippen molar-refractivity contribution in [3.63, 3.8) is 0 Å². The van der Waals surface area contributed by atoms with Crippen LogP contribution in [0.15, 0.2) is 22.0 Å². The Morgan fingerprint density at radius 2 is 2.41 bits per heavy atom. The maximum absolute atomic E-state index is 5.34. The van der Waals surface area contributed by atoms with Gasteiger partial charge in [-0.25, -0.2) is 0 Å². The number of thiophene rings is 1. The largest absolute Gasteiger partial charge is 0.333 e. The summed E-state index contributed by atoms with van der Waals surface area (Å²) in [7, 11) is 2.00. The molecular formula is C12H15N3OS. The van der Waals surface area contributed by atoms with Crippen molar-refractivity contribution < 1.29 is 4.52 Å². The van der Waals surface area contributed by atoms with Gasteiger partial charge in [-0.3, -0.25) is 0 Å². The van der Waals surface area contributed by atoms with Gasteiger partial charge in [0.05, 0.1) is 4.88 Å². The molecule has 1 saturated carbocycles. The van der Waals surface area contributed by atoms with E-state index in [4.69, 9.17) is 4.52 Å². The third-order valence-electron chi connectivity index (χ3n) is 3.39. The second-order valence-corrected chi connectivity index (χ2v) is 5.32. The molecule has 1 N–H and O–H groups in total. The Morgan fingerprint density at radius 3 is 3.18 bits per heavy atom. The van der Waals surface area contributed by atoms with Crippen molar-refractivity contribution in [2.24, 2.45) is 0 Å². The average Bonchev–Trinajstić information content (AvgIpc) is 3.09. The van der Waals surface area contributed by atoms with Gasteiger partial charge in [-0.05, 0) is 31.3 Å². The van der Waals surface area contributed by atoms with Gasteiger partial charge in [0.15, 0.2) is 5.82 Å². The predicted octanol–water partition coefficient (Wildman–Crippen LogP) is 2.65. The highest BCUT2D eigenvalue weighted by molar-refractivity contribution is 7.13. The van der Waals surface area contributed by atoms with E-state index in [0.29, 0.717) is 17.9 Å². The van der Waals surface area contributed by atoms with E-state index in [1.807, 2.05) is 24.6 Å². The molecule has 0 radical (unpaired) electrons. The Balaban J connectivity index is 1.85. The minimum absolute atomic E-state index is 0.400. The van der Waals surface area contributed by atoms with Gasteiger partial charge in [0.2, 0.25) is 0 Å². The zero-order valence-electron chi connectivity index (χ0n) is 9.72. The molecule has 5 heteroatoms. The molecule has 17 heavy (non-hydrogen) atoms.